The van der Waals surface area contributed by atoms with E-state index in [4.69, 9.17) is 72.5 Å². The number of carbonyl (C=O) groups is 6. The Bertz CT molecular complexity index is 2160. The zero-order chi connectivity index (χ0) is 69.0. The van der Waals surface area contributed by atoms with Gasteiger partial charge in [-0.1, -0.05) is 27.7 Å². The summed E-state index contributed by atoms with van der Waals surface area (Å²) in [5, 5.41) is 132. The molecule has 0 aromatic carbocycles. The molecule has 4 saturated heterocycles. The molecule has 93 heavy (non-hydrogen) atoms. The SMILES string of the molecule is CCN(CC)CCOCC1OC(OC2C(CO)OC(OC3C(COCC[N+](CC)(CC)CCN(CC)CC)OC(ON[C@H](C=O)CCC(=O)O)C(O)C3O)C(O)C2O)C(O)C(O)C1OC1OC(CON[C@H](C=O)CCC(=O)O)C(ON[C@H](C=O)CCC(=O)O)C(O)C1O. The molecule has 36 heteroatoms. The number of aliphatic hydroxyl groups excluding tert-OH is 9. The summed E-state index contributed by atoms with van der Waals surface area (Å²) in [6.45, 7) is 17.2. The molecule has 15 N–H and O–H groups in total. The maximum absolute atomic E-state index is 11.9. The molecule has 0 amide bonds. The third kappa shape index (κ3) is 25.0. The summed E-state index contributed by atoms with van der Waals surface area (Å²) in [7, 11) is 0. The van der Waals surface area contributed by atoms with Gasteiger partial charge in [0.1, 0.15) is 123 Å². The number of hydrogen-bond acceptors (Lipinski definition) is 32. The minimum absolute atomic E-state index is 0.0649. The molecule has 36 nitrogen and oxygen atoms in total. The van der Waals surface area contributed by atoms with Crippen molar-refractivity contribution in [3.8, 4) is 0 Å². The lowest BCUT2D eigenvalue weighted by atomic mass is 9.95. The second-order valence-electron chi connectivity index (χ2n) is 23.1. The molecule has 4 rings (SSSR count). The molecule has 0 radical (unpaired) electrons. The Kier molecular flexibility index (Phi) is 37.1. The first-order chi connectivity index (χ1) is 44.4. The number of nitrogens with zero attached hydrogens (tertiary/aromatic N) is 3. The fraction of sp³-hybridized carbons (Fsp3) is 0.895. The number of likely N-dealkylation sites (N-methyl/N-ethyl adjacent to an activating group) is 3. The molecule has 4 aliphatic rings. The number of rotatable bonds is 48. The first kappa shape index (κ1) is 81.8. The number of hydroxylamine groups is 3. The molecule has 20 unspecified atom stereocenters. The molecule has 0 bridgehead atoms. The van der Waals surface area contributed by atoms with E-state index in [1.165, 1.54) is 0 Å². The molecule has 0 aliphatic carbocycles. The summed E-state index contributed by atoms with van der Waals surface area (Å²) < 4.78 is 55.3. The van der Waals surface area contributed by atoms with Crippen LogP contribution in [-0.4, -0.2) is 358 Å². The van der Waals surface area contributed by atoms with E-state index in [0.29, 0.717) is 49.5 Å². The van der Waals surface area contributed by atoms with Crippen molar-refractivity contribution in [1.29, 1.82) is 0 Å². The second-order valence-corrected chi connectivity index (χ2v) is 23.1. The van der Waals surface area contributed by atoms with Crippen LogP contribution in [0.25, 0.3) is 0 Å². The maximum atomic E-state index is 11.9. The van der Waals surface area contributed by atoms with Crippen LogP contribution in [0.4, 0.5) is 0 Å². The van der Waals surface area contributed by atoms with Crippen molar-refractivity contribution in [2.24, 2.45) is 0 Å². The van der Waals surface area contributed by atoms with Gasteiger partial charge in [0.2, 0.25) is 6.29 Å². The Labute approximate surface area is 539 Å². The number of nitrogens with one attached hydrogen (secondary N) is 3. The molecular weight excluding hydrogens is 1250 g/mol. The Morgan fingerprint density at radius 3 is 1.25 bits per heavy atom. The van der Waals surface area contributed by atoms with Gasteiger partial charge in [0.25, 0.3) is 0 Å². The number of aliphatic carboxylic acids is 3. The number of aliphatic hydroxyl groups is 9. The number of quaternary nitrogens is 1. The van der Waals surface area contributed by atoms with Gasteiger partial charge < -0.3 is 128 Å². The molecule has 0 spiro atoms. The lowest BCUT2D eigenvalue weighted by Crippen LogP contribution is -2.68. The summed E-state index contributed by atoms with van der Waals surface area (Å²) in [6, 6.07) is -3.60. The van der Waals surface area contributed by atoms with Crippen LogP contribution in [0.3, 0.4) is 0 Å². The van der Waals surface area contributed by atoms with E-state index >= 15 is 0 Å². The Morgan fingerprint density at radius 2 is 0.828 bits per heavy atom. The first-order valence-corrected chi connectivity index (χ1v) is 31.7. The number of aldehydes is 3. The van der Waals surface area contributed by atoms with Crippen LogP contribution < -0.4 is 16.4 Å². The number of carboxylic acids is 3. The molecule has 0 saturated carbocycles. The van der Waals surface area contributed by atoms with E-state index < -0.39 is 198 Å². The van der Waals surface area contributed by atoms with Crippen molar-refractivity contribution in [3.05, 3.63) is 0 Å². The summed E-state index contributed by atoms with van der Waals surface area (Å²) >= 11 is 0. The molecule has 540 valence electrons. The number of carbonyl (C=O) groups excluding carboxylic acids is 3. The third-order valence-electron chi connectivity index (χ3n) is 17.1. The van der Waals surface area contributed by atoms with E-state index in [-0.39, 0.29) is 39.1 Å². The van der Waals surface area contributed by atoms with Gasteiger partial charge in [0, 0.05) is 32.4 Å². The van der Waals surface area contributed by atoms with Crippen LogP contribution in [-0.2, 0) is 85.9 Å². The van der Waals surface area contributed by atoms with Gasteiger partial charge in [-0.05, 0) is 59.3 Å². The average molecular weight is 1350 g/mol. The minimum Gasteiger partial charge on any atom is -0.481 e. The predicted molar refractivity (Wildman–Crippen MR) is 314 cm³/mol. The van der Waals surface area contributed by atoms with Crippen LogP contribution in [0.15, 0.2) is 0 Å². The summed E-state index contributed by atoms with van der Waals surface area (Å²) in [5.74, 6) is -3.65. The topological polar surface area (TPSA) is 499 Å². The Morgan fingerprint density at radius 1 is 0.462 bits per heavy atom. The zero-order valence-electron chi connectivity index (χ0n) is 53.6. The van der Waals surface area contributed by atoms with Gasteiger partial charge >= 0.3 is 17.9 Å². The first-order valence-electron chi connectivity index (χ1n) is 31.7. The lowest BCUT2D eigenvalue weighted by molar-refractivity contribution is -0.924. The highest BCUT2D eigenvalue weighted by molar-refractivity contribution is 5.69. The maximum Gasteiger partial charge on any atom is 0.303 e. The summed E-state index contributed by atoms with van der Waals surface area (Å²) in [6.07, 6.45) is -38.1. The number of hydrogen-bond donors (Lipinski definition) is 15. The largest absolute Gasteiger partial charge is 0.481 e. The van der Waals surface area contributed by atoms with Crippen LogP contribution >= 0.6 is 0 Å². The van der Waals surface area contributed by atoms with Crippen molar-refractivity contribution in [3.63, 3.8) is 0 Å². The van der Waals surface area contributed by atoms with Crippen molar-refractivity contribution < 1.29 is 152 Å². The van der Waals surface area contributed by atoms with E-state index in [1.807, 2.05) is 18.7 Å². The number of carboxylic acid groups (broad SMARTS) is 3. The summed E-state index contributed by atoms with van der Waals surface area (Å²) in [4.78, 5) is 89.9. The fourth-order valence-corrected chi connectivity index (χ4v) is 10.8. The highest BCUT2D eigenvalue weighted by Gasteiger charge is 2.56. The highest BCUT2D eigenvalue weighted by atomic mass is 16.8. The Hall–Kier alpha value is -3.66. The van der Waals surface area contributed by atoms with Crippen LogP contribution in [0.2, 0.25) is 0 Å². The smallest absolute Gasteiger partial charge is 0.303 e. The lowest BCUT2D eigenvalue weighted by Gasteiger charge is -2.49. The van der Waals surface area contributed by atoms with E-state index in [2.05, 4.69) is 49.0 Å². The third-order valence-corrected chi connectivity index (χ3v) is 17.1. The van der Waals surface area contributed by atoms with Crippen molar-refractivity contribution in [1.82, 2.24) is 26.2 Å². The van der Waals surface area contributed by atoms with E-state index in [9.17, 15) is 74.7 Å². The zero-order valence-corrected chi connectivity index (χ0v) is 53.6. The van der Waals surface area contributed by atoms with E-state index in [1.54, 1.807) is 0 Å². The van der Waals surface area contributed by atoms with Crippen LogP contribution in [0.1, 0.15) is 80.1 Å². The van der Waals surface area contributed by atoms with Crippen molar-refractivity contribution in [2.75, 3.05) is 105 Å². The Balaban J connectivity index is 1.59. The van der Waals surface area contributed by atoms with Crippen molar-refractivity contribution in [2.45, 2.75) is 221 Å². The monoisotopic (exact) mass is 1350 g/mol. The van der Waals surface area contributed by atoms with Gasteiger partial charge in [-0.3, -0.25) is 33.8 Å². The van der Waals surface area contributed by atoms with Gasteiger partial charge in [-0.25, -0.2) is 0 Å². The van der Waals surface area contributed by atoms with Crippen LogP contribution in [0.5, 0.6) is 0 Å². The molecule has 0 aromatic rings. The molecule has 4 fully saturated rings. The molecule has 4 aliphatic heterocycles. The predicted octanol–water partition coefficient (Wildman–Crippen LogP) is -6.28. The van der Waals surface area contributed by atoms with Crippen LogP contribution in [0, 0.1) is 0 Å². The quantitative estimate of drug-likeness (QED) is 0.0117. The van der Waals surface area contributed by atoms with Gasteiger partial charge in [-0.2, -0.15) is 16.4 Å². The average Bonchev–Trinajstić information content (AvgIpc) is 0.789. The van der Waals surface area contributed by atoms with Gasteiger partial charge in [0.15, 0.2) is 18.9 Å². The van der Waals surface area contributed by atoms with Gasteiger partial charge in [0.05, 0.1) is 77.4 Å². The summed E-state index contributed by atoms with van der Waals surface area (Å²) in [5.41, 5.74) is 7.04. The molecular formula is C57H103N6O30+. The molecule has 0 aromatic heterocycles. The second kappa shape index (κ2) is 42.2. The van der Waals surface area contributed by atoms with Gasteiger partial charge in [-0.15, -0.1) is 0 Å². The normalized spacial score (nSPS) is 32.9. The number of ether oxygens (including phenoxy) is 9. The fourth-order valence-electron chi connectivity index (χ4n) is 10.8. The molecule has 4 heterocycles. The minimum atomic E-state index is -2.16. The van der Waals surface area contributed by atoms with E-state index in [0.717, 1.165) is 39.3 Å². The highest BCUT2D eigenvalue weighted by Crippen LogP contribution is 2.35. The van der Waals surface area contributed by atoms with Crippen molar-refractivity contribution >= 4 is 36.8 Å². The standard InChI is InChI=1S/C57H102N6O30/c1-7-61(8-2)19-21-63(11-5,12-6)22-24-83-30-37-52(44(76)49(81)57(88-37)93-60-34(27-66)15-18-41(72)73)90-54-46(78)42(74)50(35(28-67)85-54)89-55-47(79)43(75)51(36(86-55)29-82-23-20-62(9-3)10-4)91-56-48(80)45(77)53(92-59-33(26-65)14-17-40(70)71)38(87-56)31-84-58-32(25-64)13-16-39(68)69/h25-27,32-38,42-60,67,74-81H,7-24,28-31H2,1-6H3,(H2-,68,69,70,71,72,73)/p+1/t32-,33-,34-,35?,36?,37?,38?,42?,43?,44?,45?,46?,47?,48?,49?,50?,51?,52?,53?,54?,55?,56?,57?/m0/s1. The molecule has 23 atom stereocenters.